The fourth-order valence-corrected chi connectivity index (χ4v) is 3.58. The van der Waals surface area contributed by atoms with Gasteiger partial charge >= 0.3 is 0 Å². The molecule has 1 aromatic carbocycles. The van der Waals surface area contributed by atoms with Gasteiger partial charge in [0.25, 0.3) is 5.91 Å². The van der Waals surface area contributed by atoms with Crippen molar-refractivity contribution >= 4 is 11.8 Å². The van der Waals surface area contributed by atoms with Crippen molar-refractivity contribution in [3.63, 3.8) is 0 Å². The number of nitrogens with zero attached hydrogens (tertiary/aromatic N) is 3. The summed E-state index contributed by atoms with van der Waals surface area (Å²) in [7, 11) is 0. The van der Waals surface area contributed by atoms with E-state index < -0.39 is 0 Å². The minimum absolute atomic E-state index is 0.0122. The molecule has 1 aliphatic rings. The molecule has 0 radical (unpaired) electrons. The third-order valence-electron chi connectivity index (χ3n) is 5.11. The molecule has 2 aromatic rings. The maximum Gasteiger partial charge on any atom is 0.274 e. The lowest BCUT2D eigenvalue weighted by atomic mass is 10.1. The molecule has 1 fully saturated rings. The number of hydrogen-bond acceptors (Lipinski definition) is 3. The zero-order valence-electron chi connectivity index (χ0n) is 16.1. The van der Waals surface area contributed by atoms with Crippen molar-refractivity contribution in [1.82, 2.24) is 20.0 Å². The monoisotopic (exact) mass is 368 g/mol. The van der Waals surface area contributed by atoms with Crippen LogP contribution >= 0.6 is 0 Å². The van der Waals surface area contributed by atoms with E-state index in [0.717, 1.165) is 30.5 Å². The highest BCUT2D eigenvalue weighted by Gasteiger charge is 2.31. The minimum Gasteiger partial charge on any atom is -0.335 e. The number of rotatable bonds is 6. The van der Waals surface area contributed by atoms with Gasteiger partial charge in [0.05, 0.1) is 0 Å². The third kappa shape index (κ3) is 4.56. The van der Waals surface area contributed by atoms with Crippen molar-refractivity contribution in [1.29, 1.82) is 0 Å². The van der Waals surface area contributed by atoms with Crippen LogP contribution in [0.25, 0.3) is 0 Å². The normalized spacial score (nSPS) is 17.9. The highest BCUT2D eigenvalue weighted by molar-refractivity contribution is 5.93. The Balaban J connectivity index is 1.74. The van der Waals surface area contributed by atoms with Crippen LogP contribution in [0.3, 0.4) is 0 Å². The van der Waals surface area contributed by atoms with Crippen LogP contribution in [-0.4, -0.2) is 50.9 Å². The van der Waals surface area contributed by atoms with Crippen LogP contribution in [0.15, 0.2) is 36.4 Å². The van der Waals surface area contributed by atoms with E-state index in [-0.39, 0.29) is 17.9 Å². The molecule has 0 unspecified atom stereocenters. The van der Waals surface area contributed by atoms with Crippen LogP contribution in [0, 0.1) is 0 Å². The summed E-state index contributed by atoms with van der Waals surface area (Å²) in [4.78, 5) is 29.4. The summed E-state index contributed by atoms with van der Waals surface area (Å²) in [6, 6.07) is 11.9. The summed E-state index contributed by atoms with van der Waals surface area (Å²) in [5.74, 6) is 0.0103. The first kappa shape index (κ1) is 19.1. The van der Waals surface area contributed by atoms with Crippen molar-refractivity contribution in [2.45, 2.75) is 52.1 Å². The Morgan fingerprint density at radius 2 is 2.04 bits per heavy atom. The highest BCUT2D eigenvalue weighted by Crippen LogP contribution is 2.19. The van der Waals surface area contributed by atoms with Gasteiger partial charge in [-0.15, -0.1) is 0 Å². The van der Waals surface area contributed by atoms with Crippen molar-refractivity contribution in [2.24, 2.45) is 0 Å². The Bertz CT molecular complexity index is 771. The molecule has 1 N–H and O–H groups in total. The molecule has 0 bridgehead atoms. The molecule has 1 aromatic heterocycles. The number of nitrogens with one attached hydrogen (secondary N) is 1. The van der Waals surface area contributed by atoms with E-state index in [2.05, 4.69) is 24.0 Å². The van der Waals surface area contributed by atoms with Crippen LogP contribution < -0.4 is 0 Å². The summed E-state index contributed by atoms with van der Waals surface area (Å²) in [6.07, 6.45) is 3.03. The number of hydrogen-bond donors (Lipinski definition) is 1. The van der Waals surface area contributed by atoms with Gasteiger partial charge in [-0.2, -0.15) is 5.10 Å². The van der Waals surface area contributed by atoms with Gasteiger partial charge in [-0.05, 0) is 24.5 Å². The largest absolute Gasteiger partial charge is 0.335 e. The van der Waals surface area contributed by atoms with Crippen LogP contribution in [-0.2, 0) is 17.8 Å². The Hall–Kier alpha value is -2.63. The lowest BCUT2D eigenvalue weighted by molar-refractivity contribution is -0.133. The number of H-pyrrole nitrogens is 1. The topological polar surface area (TPSA) is 69.3 Å². The molecule has 1 saturated heterocycles. The first-order valence-electron chi connectivity index (χ1n) is 9.79. The summed E-state index contributed by atoms with van der Waals surface area (Å²) in [5.41, 5.74) is 2.53. The predicted molar refractivity (Wildman–Crippen MR) is 104 cm³/mol. The maximum absolute atomic E-state index is 12.9. The Kier molecular flexibility index (Phi) is 6.27. The zero-order chi connectivity index (χ0) is 19.2. The highest BCUT2D eigenvalue weighted by atomic mass is 16.2. The molecular weight excluding hydrogens is 340 g/mol. The second-order valence-electron chi connectivity index (χ2n) is 7.10. The number of benzene rings is 1. The van der Waals surface area contributed by atoms with Crippen molar-refractivity contribution in [3.8, 4) is 0 Å². The number of aromatic nitrogens is 2. The van der Waals surface area contributed by atoms with Gasteiger partial charge in [0.1, 0.15) is 5.69 Å². The molecule has 0 saturated carbocycles. The average molecular weight is 368 g/mol. The fourth-order valence-electron chi connectivity index (χ4n) is 3.58. The van der Waals surface area contributed by atoms with Gasteiger partial charge in [-0.25, -0.2) is 0 Å². The number of aryl methyl sites for hydroxylation is 1. The molecule has 1 aliphatic heterocycles. The Morgan fingerprint density at radius 1 is 1.26 bits per heavy atom. The average Bonchev–Trinajstić information content (AvgIpc) is 3.09. The van der Waals surface area contributed by atoms with Gasteiger partial charge in [-0.3, -0.25) is 14.7 Å². The van der Waals surface area contributed by atoms with E-state index in [1.54, 1.807) is 4.90 Å². The van der Waals surface area contributed by atoms with E-state index in [1.165, 1.54) is 0 Å². The van der Waals surface area contributed by atoms with Crippen molar-refractivity contribution < 1.29 is 9.59 Å². The van der Waals surface area contributed by atoms with Gasteiger partial charge in [0.15, 0.2) is 0 Å². The third-order valence-corrected chi connectivity index (χ3v) is 5.11. The number of amides is 2. The molecule has 1 atom stereocenters. The van der Waals surface area contributed by atoms with Gasteiger partial charge < -0.3 is 9.80 Å². The van der Waals surface area contributed by atoms with E-state index in [4.69, 9.17) is 0 Å². The number of carbonyl (C=O) groups excluding carboxylic acids is 2. The molecule has 0 aliphatic carbocycles. The lowest BCUT2D eigenvalue weighted by Crippen LogP contribution is -2.43. The first-order chi connectivity index (χ1) is 13.1. The van der Waals surface area contributed by atoms with Crippen molar-refractivity contribution in [2.75, 3.05) is 13.1 Å². The number of aromatic amines is 1. The second kappa shape index (κ2) is 8.84. The molecule has 144 valence electrons. The standard InChI is InChI=1S/C21H28N4O2/c1-3-8-17-13-19(23-22-17)21(27)24-12-11-20(26)25(18(4-2)15-24)14-16-9-6-5-7-10-16/h5-7,9-10,13,18H,3-4,8,11-12,14-15H2,1-2H3,(H,22,23)/t18-/m1/s1. The fraction of sp³-hybridized carbons (Fsp3) is 0.476. The van der Waals surface area contributed by atoms with Gasteiger partial charge in [-0.1, -0.05) is 50.6 Å². The zero-order valence-corrected chi connectivity index (χ0v) is 16.1. The number of carbonyl (C=O) groups is 2. The predicted octanol–water partition coefficient (Wildman–Crippen LogP) is 3.02. The summed E-state index contributed by atoms with van der Waals surface area (Å²) in [6.45, 7) is 5.73. The maximum atomic E-state index is 12.9. The minimum atomic E-state index is -0.0959. The van der Waals surface area contributed by atoms with Crippen LogP contribution in [0.4, 0.5) is 0 Å². The van der Waals surface area contributed by atoms with Crippen LogP contribution in [0.2, 0.25) is 0 Å². The lowest BCUT2D eigenvalue weighted by Gasteiger charge is -2.31. The van der Waals surface area contributed by atoms with E-state index in [0.29, 0.717) is 31.7 Å². The molecular formula is C21H28N4O2. The van der Waals surface area contributed by atoms with E-state index in [9.17, 15) is 9.59 Å². The molecule has 3 rings (SSSR count). The molecule has 2 heterocycles. The van der Waals surface area contributed by atoms with Crippen molar-refractivity contribution in [3.05, 3.63) is 53.3 Å². The summed E-state index contributed by atoms with van der Waals surface area (Å²) in [5, 5.41) is 7.13. The van der Waals surface area contributed by atoms with E-state index in [1.807, 2.05) is 41.3 Å². The quantitative estimate of drug-likeness (QED) is 0.852. The second-order valence-corrected chi connectivity index (χ2v) is 7.10. The van der Waals surface area contributed by atoms with Crippen LogP contribution in [0.5, 0.6) is 0 Å². The first-order valence-corrected chi connectivity index (χ1v) is 9.79. The Morgan fingerprint density at radius 3 is 2.74 bits per heavy atom. The van der Waals surface area contributed by atoms with Crippen LogP contribution in [0.1, 0.15) is 54.9 Å². The summed E-state index contributed by atoms with van der Waals surface area (Å²) < 4.78 is 0. The Labute approximate surface area is 160 Å². The summed E-state index contributed by atoms with van der Waals surface area (Å²) >= 11 is 0. The molecule has 6 heteroatoms. The van der Waals surface area contributed by atoms with Gasteiger partial charge in [0, 0.05) is 37.8 Å². The van der Waals surface area contributed by atoms with Gasteiger partial charge in [0.2, 0.25) is 5.91 Å². The molecule has 27 heavy (non-hydrogen) atoms. The SMILES string of the molecule is CCCc1cc(C(=O)N2CCC(=O)N(Cc3ccccc3)[C@H](CC)C2)n[nH]1. The molecule has 6 nitrogen and oxygen atoms in total. The molecule has 2 amide bonds. The van der Waals surface area contributed by atoms with E-state index >= 15 is 0 Å². The molecule has 0 spiro atoms. The smallest absolute Gasteiger partial charge is 0.274 e.